The van der Waals surface area contributed by atoms with Crippen LogP contribution < -0.4 is 5.32 Å². The van der Waals surface area contributed by atoms with Crippen molar-refractivity contribution in [2.24, 2.45) is 0 Å². The number of anilines is 1. The summed E-state index contributed by atoms with van der Waals surface area (Å²) in [5, 5.41) is 13.8. The summed E-state index contributed by atoms with van der Waals surface area (Å²) in [6.45, 7) is 2.55. The fraction of sp³-hybridized carbons (Fsp3) is 0.333. The van der Waals surface area contributed by atoms with Crippen LogP contribution in [0.2, 0.25) is 0 Å². The lowest BCUT2D eigenvalue weighted by Gasteiger charge is -2.06. The number of nitrogens with one attached hydrogen (secondary N) is 1. The summed E-state index contributed by atoms with van der Waals surface area (Å²) < 4.78 is 0. The Morgan fingerprint density at radius 2 is 2.31 bits per heavy atom. The first-order valence-electron chi connectivity index (χ1n) is 5.07. The third-order valence-electron chi connectivity index (χ3n) is 2.16. The van der Waals surface area contributed by atoms with Gasteiger partial charge < -0.3 is 5.32 Å². The van der Waals surface area contributed by atoms with Crippen LogP contribution in [-0.2, 0) is 0 Å². The van der Waals surface area contributed by atoms with Crippen LogP contribution >= 0.6 is 0 Å². The minimum Gasteiger partial charge on any atom is -0.379 e. The zero-order valence-corrected chi connectivity index (χ0v) is 9.19. The molecule has 0 amide bonds. The Labute approximate surface area is 94.8 Å². The number of hydrogen-bond donors (Lipinski definition) is 1. The van der Waals surface area contributed by atoms with E-state index in [4.69, 9.17) is 6.42 Å². The summed E-state index contributed by atoms with van der Waals surface area (Å²) in [5.41, 5.74) is 1.65. The van der Waals surface area contributed by atoms with Crippen molar-refractivity contribution in [2.45, 2.75) is 19.8 Å². The van der Waals surface area contributed by atoms with Gasteiger partial charge in [-0.25, -0.2) is 0 Å². The quantitative estimate of drug-likeness (QED) is 0.358. The van der Waals surface area contributed by atoms with Crippen LogP contribution in [0.1, 0.15) is 18.4 Å². The lowest BCUT2D eigenvalue weighted by atomic mass is 10.2. The second-order valence-electron chi connectivity index (χ2n) is 3.51. The number of aryl methyl sites for hydroxylation is 1. The van der Waals surface area contributed by atoms with Gasteiger partial charge in [0.25, 0.3) is 5.69 Å². The van der Waals surface area contributed by atoms with Gasteiger partial charge in [0.05, 0.1) is 4.92 Å². The summed E-state index contributed by atoms with van der Waals surface area (Å²) in [5.74, 6) is 2.53. The Bertz CT molecular complexity index is 422. The van der Waals surface area contributed by atoms with Gasteiger partial charge in [-0.05, 0) is 25.0 Å². The standard InChI is InChI=1S/C12H14N2O2/c1-3-4-5-8-13-11-9-10(2)6-7-12(11)14(15)16/h1,6-7,9,13H,4-5,8H2,2H3. The Hall–Kier alpha value is -2.02. The highest BCUT2D eigenvalue weighted by atomic mass is 16.6. The highest BCUT2D eigenvalue weighted by Crippen LogP contribution is 2.24. The molecule has 0 aliphatic heterocycles. The molecule has 4 heteroatoms. The average Bonchev–Trinajstić information content (AvgIpc) is 2.24. The van der Waals surface area contributed by atoms with E-state index >= 15 is 0 Å². The molecule has 0 bridgehead atoms. The molecule has 1 rings (SSSR count). The van der Waals surface area contributed by atoms with Gasteiger partial charge in [-0.3, -0.25) is 10.1 Å². The van der Waals surface area contributed by atoms with Crippen molar-refractivity contribution in [3.8, 4) is 12.3 Å². The lowest BCUT2D eigenvalue weighted by Crippen LogP contribution is -2.04. The first-order valence-corrected chi connectivity index (χ1v) is 5.07. The molecule has 16 heavy (non-hydrogen) atoms. The normalized spacial score (nSPS) is 9.50. The monoisotopic (exact) mass is 218 g/mol. The zero-order valence-electron chi connectivity index (χ0n) is 9.19. The van der Waals surface area contributed by atoms with E-state index in [0.29, 0.717) is 18.7 Å². The summed E-state index contributed by atoms with van der Waals surface area (Å²) in [6.07, 6.45) is 6.60. The second-order valence-corrected chi connectivity index (χ2v) is 3.51. The van der Waals surface area contributed by atoms with Crippen molar-refractivity contribution < 1.29 is 4.92 Å². The number of unbranched alkanes of at least 4 members (excludes halogenated alkanes) is 1. The SMILES string of the molecule is C#CCCCNc1cc(C)ccc1[N+](=O)[O-]. The van der Waals surface area contributed by atoms with E-state index < -0.39 is 0 Å². The summed E-state index contributed by atoms with van der Waals surface area (Å²) in [7, 11) is 0. The van der Waals surface area contributed by atoms with E-state index in [-0.39, 0.29) is 10.6 Å². The van der Waals surface area contributed by atoms with Crippen LogP contribution in [-0.4, -0.2) is 11.5 Å². The smallest absolute Gasteiger partial charge is 0.292 e. The number of rotatable bonds is 5. The van der Waals surface area contributed by atoms with Gasteiger partial charge in [0, 0.05) is 19.0 Å². The molecule has 0 fully saturated rings. The van der Waals surface area contributed by atoms with Crippen molar-refractivity contribution in [2.75, 3.05) is 11.9 Å². The maximum absolute atomic E-state index is 10.8. The minimum absolute atomic E-state index is 0.103. The van der Waals surface area contributed by atoms with Crippen LogP contribution in [0.15, 0.2) is 18.2 Å². The number of nitro benzene ring substituents is 1. The second kappa shape index (κ2) is 5.76. The third-order valence-corrected chi connectivity index (χ3v) is 2.16. The first-order chi connectivity index (χ1) is 7.65. The minimum atomic E-state index is -0.386. The highest BCUT2D eigenvalue weighted by molar-refractivity contribution is 5.62. The van der Waals surface area contributed by atoms with Crippen LogP contribution in [0, 0.1) is 29.4 Å². The van der Waals surface area contributed by atoms with Gasteiger partial charge in [-0.15, -0.1) is 12.3 Å². The van der Waals surface area contributed by atoms with Crippen molar-refractivity contribution >= 4 is 11.4 Å². The summed E-state index contributed by atoms with van der Waals surface area (Å²) >= 11 is 0. The largest absolute Gasteiger partial charge is 0.379 e. The van der Waals surface area contributed by atoms with Gasteiger partial charge >= 0.3 is 0 Å². The third kappa shape index (κ3) is 3.28. The summed E-state index contributed by atoms with van der Waals surface area (Å²) in [6, 6.07) is 5.01. The molecule has 1 N–H and O–H groups in total. The van der Waals surface area contributed by atoms with Crippen molar-refractivity contribution in [3.05, 3.63) is 33.9 Å². The van der Waals surface area contributed by atoms with E-state index in [1.807, 2.05) is 6.92 Å². The first kappa shape index (κ1) is 12.1. The number of benzene rings is 1. The molecule has 0 aliphatic carbocycles. The topological polar surface area (TPSA) is 55.2 Å². The Morgan fingerprint density at radius 3 is 2.94 bits per heavy atom. The van der Waals surface area contributed by atoms with Gasteiger partial charge in [0.15, 0.2) is 0 Å². The molecule has 1 aromatic carbocycles. The molecule has 0 saturated carbocycles. The molecule has 0 unspecified atom stereocenters. The van der Waals surface area contributed by atoms with Crippen LogP contribution in [0.3, 0.4) is 0 Å². The van der Waals surface area contributed by atoms with Crippen molar-refractivity contribution in [1.82, 2.24) is 0 Å². The van der Waals surface area contributed by atoms with Crippen LogP contribution in [0.25, 0.3) is 0 Å². The maximum atomic E-state index is 10.8. The summed E-state index contributed by atoms with van der Waals surface area (Å²) in [4.78, 5) is 10.4. The van der Waals surface area contributed by atoms with E-state index in [9.17, 15) is 10.1 Å². The highest BCUT2D eigenvalue weighted by Gasteiger charge is 2.12. The average molecular weight is 218 g/mol. The molecule has 0 aromatic heterocycles. The molecule has 0 heterocycles. The fourth-order valence-electron chi connectivity index (χ4n) is 1.36. The molecule has 1 aromatic rings. The van der Waals surface area contributed by atoms with Gasteiger partial charge in [-0.1, -0.05) is 6.07 Å². The Morgan fingerprint density at radius 1 is 1.56 bits per heavy atom. The van der Waals surface area contributed by atoms with Gasteiger partial charge in [0.1, 0.15) is 5.69 Å². The zero-order chi connectivity index (χ0) is 12.0. The van der Waals surface area contributed by atoms with Crippen LogP contribution in [0.5, 0.6) is 0 Å². The number of nitro groups is 1. The number of terminal acetylenes is 1. The number of hydrogen-bond acceptors (Lipinski definition) is 3. The molecule has 0 saturated heterocycles. The predicted molar refractivity (Wildman–Crippen MR) is 64.4 cm³/mol. The molecule has 84 valence electrons. The molecule has 0 aliphatic rings. The fourth-order valence-corrected chi connectivity index (χ4v) is 1.36. The number of nitrogens with zero attached hydrogens (tertiary/aromatic N) is 1. The molecular weight excluding hydrogens is 204 g/mol. The molecule has 0 atom stereocenters. The molecule has 0 radical (unpaired) electrons. The predicted octanol–water partition coefficient (Wildman–Crippen LogP) is 2.73. The molecule has 4 nitrogen and oxygen atoms in total. The Balaban J connectivity index is 2.73. The molecule has 0 spiro atoms. The van der Waals surface area contributed by atoms with E-state index in [2.05, 4.69) is 11.2 Å². The van der Waals surface area contributed by atoms with E-state index in [0.717, 1.165) is 12.0 Å². The van der Waals surface area contributed by atoms with Crippen molar-refractivity contribution in [3.63, 3.8) is 0 Å². The molecular formula is C12H14N2O2. The Kier molecular flexibility index (Phi) is 4.34. The van der Waals surface area contributed by atoms with E-state index in [1.165, 1.54) is 6.07 Å². The van der Waals surface area contributed by atoms with E-state index in [1.54, 1.807) is 12.1 Å². The van der Waals surface area contributed by atoms with Gasteiger partial charge in [0.2, 0.25) is 0 Å². The van der Waals surface area contributed by atoms with Crippen LogP contribution in [0.4, 0.5) is 11.4 Å². The maximum Gasteiger partial charge on any atom is 0.292 e. The van der Waals surface area contributed by atoms with Gasteiger partial charge in [-0.2, -0.15) is 0 Å². The van der Waals surface area contributed by atoms with Crippen molar-refractivity contribution in [1.29, 1.82) is 0 Å². The lowest BCUT2D eigenvalue weighted by molar-refractivity contribution is -0.384.